The molecule has 2 aromatic rings. The van der Waals surface area contributed by atoms with E-state index in [0.29, 0.717) is 31.7 Å². The summed E-state index contributed by atoms with van der Waals surface area (Å²) in [5.74, 6) is 1.48. The first-order valence-electron chi connectivity index (χ1n) is 13.2. The topological polar surface area (TPSA) is 71.0 Å². The highest BCUT2D eigenvalue weighted by atomic mass is 16.5. The lowest BCUT2D eigenvalue weighted by atomic mass is 9.73. The number of nitrogens with zero attached hydrogens (tertiary/aromatic N) is 1. The Bertz CT molecular complexity index is 949. The van der Waals surface area contributed by atoms with Crippen molar-refractivity contribution < 1.29 is 19.4 Å². The summed E-state index contributed by atoms with van der Waals surface area (Å²) >= 11 is 0. The average Bonchev–Trinajstić information content (AvgIpc) is 2.87. The number of unbranched alkanes of at least 4 members (excludes halogenated alkanes) is 1. The Morgan fingerprint density at radius 2 is 1.83 bits per heavy atom. The molecule has 0 saturated carbocycles. The van der Waals surface area contributed by atoms with Gasteiger partial charge in [0.05, 0.1) is 5.60 Å². The molecular formula is C30H44N2O4. The van der Waals surface area contributed by atoms with Crippen molar-refractivity contribution in [2.75, 3.05) is 40.4 Å². The molecule has 1 saturated heterocycles. The molecule has 2 N–H and O–H groups in total. The summed E-state index contributed by atoms with van der Waals surface area (Å²) in [4.78, 5) is 15.2. The SMILES string of the molecule is CNCC(C)(C)CC(=O)N1CCC[C@@H]([C@@](O)(CCCCOC)c2ccccc2Oc2ccccc2)C1. The van der Waals surface area contributed by atoms with Crippen molar-refractivity contribution in [3.63, 3.8) is 0 Å². The third kappa shape index (κ3) is 7.55. The van der Waals surface area contributed by atoms with Gasteiger partial charge in [-0.15, -0.1) is 0 Å². The Labute approximate surface area is 217 Å². The number of nitrogens with one attached hydrogen (secondary N) is 1. The van der Waals surface area contributed by atoms with Crippen molar-refractivity contribution >= 4 is 5.91 Å². The summed E-state index contributed by atoms with van der Waals surface area (Å²) in [6, 6.07) is 17.5. The van der Waals surface area contributed by atoms with E-state index in [1.54, 1.807) is 7.11 Å². The molecule has 2 atom stereocenters. The maximum atomic E-state index is 13.3. The highest BCUT2D eigenvalue weighted by Crippen LogP contribution is 2.44. The number of rotatable bonds is 13. The van der Waals surface area contributed by atoms with Crippen LogP contribution in [0.3, 0.4) is 0 Å². The van der Waals surface area contributed by atoms with Gasteiger partial charge in [-0.05, 0) is 62.8 Å². The quantitative estimate of drug-likeness (QED) is 0.366. The van der Waals surface area contributed by atoms with Crippen LogP contribution in [0.25, 0.3) is 0 Å². The molecule has 2 aromatic carbocycles. The van der Waals surface area contributed by atoms with Gasteiger partial charge in [0.2, 0.25) is 5.91 Å². The highest BCUT2D eigenvalue weighted by molar-refractivity contribution is 5.77. The molecule has 6 nitrogen and oxygen atoms in total. The van der Waals surface area contributed by atoms with Gasteiger partial charge in [0.1, 0.15) is 11.5 Å². The number of para-hydroxylation sites is 2. The second-order valence-corrected chi connectivity index (χ2v) is 10.8. The Balaban J connectivity index is 1.87. The van der Waals surface area contributed by atoms with Crippen LogP contribution in [0.4, 0.5) is 0 Å². The molecule has 0 aliphatic carbocycles. The molecule has 0 spiro atoms. The molecule has 1 amide bonds. The molecule has 1 aliphatic rings. The molecule has 0 bridgehead atoms. The van der Waals surface area contributed by atoms with Gasteiger partial charge < -0.3 is 24.8 Å². The number of hydrogen-bond donors (Lipinski definition) is 2. The van der Waals surface area contributed by atoms with Crippen LogP contribution >= 0.6 is 0 Å². The average molecular weight is 497 g/mol. The molecule has 36 heavy (non-hydrogen) atoms. The summed E-state index contributed by atoms with van der Waals surface area (Å²) in [6.45, 7) is 6.97. The Kier molecular flexibility index (Phi) is 10.3. The second-order valence-electron chi connectivity index (χ2n) is 10.8. The summed E-state index contributed by atoms with van der Waals surface area (Å²) in [7, 11) is 3.62. The largest absolute Gasteiger partial charge is 0.457 e. The van der Waals surface area contributed by atoms with Gasteiger partial charge in [0, 0.05) is 51.3 Å². The Morgan fingerprint density at radius 3 is 2.56 bits per heavy atom. The number of hydrogen-bond acceptors (Lipinski definition) is 5. The number of likely N-dealkylation sites (tertiary alicyclic amines) is 1. The number of methoxy groups -OCH3 is 1. The second kappa shape index (κ2) is 13.2. The van der Waals surface area contributed by atoms with E-state index in [1.807, 2.05) is 66.5 Å². The number of aliphatic hydroxyl groups is 1. The summed E-state index contributed by atoms with van der Waals surface area (Å²) in [5.41, 5.74) is -0.440. The van der Waals surface area contributed by atoms with Gasteiger partial charge in [0.15, 0.2) is 0 Å². The standard InChI is InChI=1S/C30H44N2O4/c1-29(2,23-31-3)21-28(33)32-19-12-13-24(22-32)30(34,18-10-11-20-35-4)26-16-8-9-17-27(26)36-25-14-6-5-7-15-25/h5-9,14-17,24,31,34H,10-13,18-23H2,1-4H3/t24-,30+/m1/s1. The summed E-state index contributed by atoms with van der Waals surface area (Å²) < 4.78 is 11.5. The van der Waals surface area contributed by atoms with E-state index < -0.39 is 5.60 Å². The maximum Gasteiger partial charge on any atom is 0.223 e. The molecule has 0 aromatic heterocycles. The fraction of sp³-hybridized carbons (Fsp3) is 0.567. The highest BCUT2D eigenvalue weighted by Gasteiger charge is 2.43. The van der Waals surface area contributed by atoms with Crippen LogP contribution in [0.1, 0.15) is 57.9 Å². The molecular weight excluding hydrogens is 452 g/mol. The van der Waals surface area contributed by atoms with Crippen molar-refractivity contribution in [1.29, 1.82) is 0 Å². The monoisotopic (exact) mass is 496 g/mol. The van der Waals surface area contributed by atoms with Crippen LogP contribution in [-0.2, 0) is 15.1 Å². The third-order valence-corrected chi connectivity index (χ3v) is 7.22. The van der Waals surface area contributed by atoms with Crippen molar-refractivity contribution in [2.45, 2.75) is 58.0 Å². The zero-order chi connectivity index (χ0) is 26.0. The fourth-order valence-electron chi connectivity index (χ4n) is 5.38. The van der Waals surface area contributed by atoms with Crippen LogP contribution in [0.5, 0.6) is 11.5 Å². The zero-order valence-corrected chi connectivity index (χ0v) is 22.5. The van der Waals surface area contributed by atoms with Crippen LogP contribution in [0, 0.1) is 11.3 Å². The minimum Gasteiger partial charge on any atom is -0.457 e. The molecule has 3 rings (SSSR count). The van der Waals surface area contributed by atoms with Crippen molar-refractivity contribution in [3.8, 4) is 11.5 Å². The number of carbonyl (C=O) groups excluding carboxylic acids is 1. The molecule has 6 heteroatoms. The van der Waals surface area contributed by atoms with Gasteiger partial charge >= 0.3 is 0 Å². The molecule has 1 aliphatic heterocycles. The lowest BCUT2D eigenvalue weighted by Crippen LogP contribution is -2.49. The van der Waals surface area contributed by atoms with E-state index in [2.05, 4.69) is 19.2 Å². The number of piperidine rings is 1. The first-order chi connectivity index (χ1) is 17.3. The Morgan fingerprint density at radius 1 is 1.11 bits per heavy atom. The van der Waals surface area contributed by atoms with Crippen LogP contribution in [0.2, 0.25) is 0 Å². The molecule has 0 unspecified atom stereocenters. The van der Waals surface area contributed by atoms with Crippen LogP contribution < -0.4 is 10.1 Å². The van der Waals surface area contributed by atoms with Gasteiger partial charge in [-0.3, -0.25) is 4.79 Å². The van der Waals surface area contributed by atoms with Crippen molar-refractivity contribution in [3.05, 3.63) is 60.2 Å². The fourth-order valence-corrected chi connectivity index (χ4v) is 5.38. The number of amides is 1. The number of carbonyl (C=O) groups is 1. The van der Waals surface area contributed by atoms with Gasteiger partial charge in [-0.2, -0.15) is 0 Å². The molecule has 1 heterocycles. The van der Waals surface area contributed by atoms with E-state index in [-0.39, 0.29) is 17.2 Å². The summed E-state index contributed by atoms with van der Waals surface area (Å²) in [6.07, 6.45) is 4.51. The number of benzene rings is 2. The minimum atomic E-state index is -1.11. The predicted molar refractivity (Wildman–Crippen MR) is 144 cm³/mol. The van der Waals surface area contributed by atoms with Gasteiger partial charge in [0.25, 0.3) is 0 Å². The lowest BCUT2D eigenvalue weighted by molar-refractivity contribution is -0.138. The molecule has 198 valence electrons. The first kappa shape index (κ1) is 28.2. The summed E-state index contributed by atoms with van der Waals surface area (Å²) in [5, 5.41) is 15.6. The van der Waals surface area contributed by atoms with E-state index >= 15 is 0 Å². The first-order valence-corrected chi connectivity index (χ1v) is 13.2. The van der Waals surface area contributed by atoms with Crippen molar-refractivity contribution in [1.82, 2.24) is 10.2 Å². The van der Waals surface area contributed by atoms with E-state index in [1.165, 1.54) is 0 Å². The lowest BCUT2D eigenvalue weighted by Gasteiger charge is -2.44. The minimum absolute atomic E-state index is 0.0781. The predicted octanol–water partition coefficient (Wildman–Crippen LogP) is 5.36. The molecule has 1 fully saturated rings. The normalized spacial score (nSPS) is 18.0. The van der Waals surface area contributed by atoms with E-state index in [4.69, 9.17) is 9.47 Å². The smallest absolute Gasteiger partial charge is 0.223 e. The van der Waals surface area contributed by atoms with Gasteiger partial charge in [-0.1, -0.05) is 50.2 Å². The van der Waals surface area contributed by atoms with E-state index in [0.717, 1.165) is 50.1 Å². The zero-order valence-electron chi connectivity index (χ0n) is 22.5. The van der Waals surface area contributed by atoms with Crippen LogP contribution in [0.15, 0.2) is 54.6 Å². The molecule has 0 radical (unpaired) electrons. The third-order valence-electron chi connectivity index (χ3n) is 7.22. The van der Waals surface area contributed by atoms with E-state index in [9.17, 15) is 9.90 Å². The Hall–Kier alpha value is -2.41. The number of ether oxygens (including phenoxy) is 2. The van der Waals surface area contributed by atoms with Gasteiger partial charge in [-0.25, -0.2) is 0 Å². The maximum absolute atomic E-state index is 13.3. The van der Waals surface area contributed by atoms with Crippen LogP contribution in [-0.4, -0.2) is 56.3 Å². The van der Waals surface area contributed by atoms with Crippen molar-refractivity contribution in [2.24, 2.45) is 11.3 Å².